The number of alkyl halides is 3. The third-order valence-corrected chi connectivity index (χ3v) is 5.62. The largest absolute Gasteiger partial charge is 0.474 e. The molecule has 11 heteroatoms. The molecule has 34 heavy (non-hydrogen) atoms. The Balaban J connectivity index is 1.56. The van der Waals surface area contributed by atoms with Crippen LogP contribution in [0.15, 0.2) is 43.0 Å². The van der Waals surface area contributed by atoms with Gasteiger partial charge in [-0.05, 0) is 43.9 Å². The molecule has 1 aliphatic heterocycles. The second kappa shape index (κ2) is 9.70. The Labute approximate surface area is 194 Å². The highest BCUT2D eigenvalue weighted by Crippen LogP contribution is 2.29. The van der Waals surface area contributed by atoms with Crippen molar-refractivity contribution in [2.75, 3.05) is 13.2 Å². The second-order valence-corrected chi connectivity index (χ2v) is 8.25. The minimum absolute atomic E-state index is 0.0364. The van der Waals surface area contributed by atoms with Crippen LogP contribution in [-0.2, 0) is 6.18 Å². The number of piperidine rings is 1. The first kappa shape index (κ1) is 23.5. The Hall–Kier alpha value is -3.63. The molecule has 8 nitrogen and oxygen atoms in total. The second-order valence-electron chi connectivity index (χ2n) is 8.25. The summed E-state index contributed by atoms with van der Waals surface area (Å²) in [7, 11) is 0. The fourth-order valence-electron chi connectivity index (χ4n) is 3.87. The molecule has 3 aromatic rings. The van der Waals surface area contributed by atoms with Gasteiger partial charge in [-0.3, -0.25) is 4.79 Å². The third kappa shape index (κ3) is 5.29. The fraction of sp³-hybridized carbons (Fsp3) is 0.391. The van der Waals surface area contributed by atoms with Crippen LogP contribution in [0, 0.1) is 12.8 Å². The molecule has 0 saturated carbocycles. The van der Waals surface area contributed by atoms with Crippen LogP contribution in [0.3, 0.4) is 0 Å². The molecule has 1 amide bonds. The van der Waals surface area contributed by atoms with Gasteiger partial charge in [-0.1, -0.05) is 6.92 Å². The number of carbonyl (C=O) groups is 1. The number of pyridine rings is 1. The van der Waals surface area contributed by atoms with Gasteiger partial charge in [-0.25, -0.2) is 24.9 Å². The summed E-state index contributed by atoms with van der Waals surface area (Å²) in [5.41, 5.74) is 0.369. The van der Waals surface area contributed by atoms with Crippen LogP contribution in [0.2, 0.25) is 0 Å². The van der Waals surface area contributed by atoms with Crippen LogP contribution < -0.4 is 4.74 Å². The molecule has 0 aromatic carbocycles. The fourth-order valence-corrected chi connectivity index (χ4v) is 3.87. The van der Waals surface area contributed by atoms with E-state index in [2.05, 4.69) is 31.8 Å². The molecule has 0 unspecified atom stereocenters. The van der Waals surface area contributed by atoms with E-state index in [0.717, 1.165) is 12.6 Å². The van der Waals surface area contributed by atoms with E-state index in [1.807, 2.05) is 0 Å². The summed E-state index contributed by atoms with van der Waals surface area (Å²) >= 11 is 0. The summed E-state index contributed by atoms with van der Waals surface area (Å²) in [4.78, 5) is 35.4. The average Bonchev–Trinajstić information content (AvgIpc) is 2.82. The Morgan fingerprint density at radius 2 is 1.91 bits per heavy atom. The number of halogens is 3. The van der Waals surface area contributed by atoms with E-state index in [0.29, 0.717) is 42.2 Å². The summed E-state index contributed by atoms with van der Waals surface area (Å²) in [5, 5.41) is 0. The Morgan fingerprint density at radius 1 is 1.15 bits per heavy atom. The van der Waals surface area contributed by atoms with Crippen molar-refractivity contribution in [2.24, 2.45) is 5.92 Å². The summed E-state index contributed by atoms with van der Waals surface area (Å²) in [5.74, 6) is 0.436. The van der Waals surface area contributed by atoms with Gasteiger partial charge in [0.25, 0.3) is 5.91 Å². The third-order valence-electron chi connectivity index (χ3n) is 5.62. The summed E-state index contributed by atoms with van der Waals surface area (Å²) in [6, 6.07) is 4.95. The molecule has 0 bridgehead atoms. The van der Waals surface area contributed by atoms with Gasteiger partial charge in [-0.2, -0.15) is 13.2 Å². The van der Waals surface area contributed by atoms with Gasteiger partial charge >= 0.3 is 6.18 Å². The van der Waals surface area contributed by atoms with E-state index in [1.165, 1.54) is 0 Å². The average molecular weight is 472 g/mol. The highest BCUT2D eigenvalue weighted by molar-refractivity contribution is 5.98. The molecule has 0 spiro atoms. The zero-order valence-electron chi connectivity index (χ0n) is 18.7. The number of hydrogen-bond donors (Lipinski definition) is 0. The van der Waals surface area contributed by atoms with Crippen molar-refractivity contribution in [3.8, 4) is 17.3 Å². The van der Waals surface area contributed by atoms with Crippen LogP contribution >= 0.6 is 0 Å². The van der Waals surface area contributed by atoms with Crippen molar-refractivity contribution in [3.05, 3.63) is 60.1 Å². The van der Waals surface area contributed by atoms with Gasteiger partial charge in [-0.15, -0.1) is 0 Å². The van der Waals surface area contributed by atoms with Gasteiger partial charge in [0.2, 0.25) is 5.88 Å². The lowest BCUT2D eigenvalue weighted by molar-refractivity contribution is -0.141. The molecular formula is C23H23F3N6O2. The van der Waals surface area contributed by atoms with Crippen molar-refractivity contribution in [1.82, 2.24) is 29.8 Å². The predicted molar refractivity (Wildman–Crippen MR) is 116 cm³/mol. The molecule has 178 valence electrons. The van der Waals surface area contributed by atoms with E-state index in [9.17, 15) is 18.0 Å². The lowest BCUT2D eigenvalue weighted by atomic mass is 9.92. The SMILES string of the molecule is Cc1ccc(-c2ncccn2)c(C(=O)N2CC[C@@H](C)C[C@H]2COc2cnc(C(F)(F)F)cn2)n1. The molecule has 2 atom stereocenters. The number of hydrogen-bond acceptors (Lipinski definition) is 7. The first-order chi connectivity index (χ1) is 16.2. The molecule has 0 radical (unpaired) electrons. The molecule has 1 saturated heterocycles. The summed E-state index contributed by atoms with van der Waals surface area (Å²) in [6.45, 7) is 4.45. The van der Waals surface area contributed by atoms with Gasteiger partial charge in [0, 0.05) is 24.6 Å². The van der Waals surface area contributed by atoms with Crippen LogP contribution in [0.5, 0.6) is 5.88 Å². The van der Waals surface area contributed by atoms with Crippen molar-refractivity contribution < 1.29 is 22.7 Å². The van der Waals surface area contributed by atoms with Gasteiger partial charge in [0.1, 0.15) is 12.3 Å². The summed E-state index contributed by atoms with van der Waals surface area (Å²) < 4.78 is 43.8. The molecule has 0 aliphatic carbocycles. The number of carbonyl (C=O) groups excluding carboxylic acids is 1. The van der Waals surface area contributed by atoms with Crippen LogP contribution in [0.1, 0.15) is 41.6 Å². The van der Waals surface area contributed by atoms with Gasteiger partial charge in [0.15, 0.2) is 11.5 Å². The number of amides is 1. The van der Waals surface area contributed by atoms with E-state index in [4.69, 9.17) is 4.74 Å². The number of ether oxygens (including phenoxy) is 1. The highest BCUT2D eigenvalue weighted by atomic mass is 19.4. The molecule has 4 rings (SSSR count). The first-order valence-corrected chi connectivity index (χ1v) is 10.8. The Bertz CT molecular complexity index is 1140. The minimum atomic E-state index is -4.57. The maximum atomic E-state index is 13.6. The first-order valence-electron chi connectivity index (χ1n) is 10.8. The van der Waals surface area contributed by atoms with Gasteiger partial charge < -0.3 is 9.64 Å². The van der Waals surface area contributed by atoms with E-state index < -0.39 is 11.9 Å². The van der Waals surface area contributed by atoms with Gasteiger partial charge in [0.05, 0.1) is 24.0 Å². The maximum absolute atomic E-state index is 13.6. The topological polar surface area (TPSA) is 94.0 Å². The summed E-state index contributed by atoms with van der Waals surface area (Å²) in [6.07, 6.45) is 1.67. The molecular weight excluding hydrogens is 449 g/mol. The number of aromatic nitrogens is 5. The Kier molecular flexibility index (Phi) is 6.71. The molecule has 3 aromatic heterocycles. The maximum Gasteiger partial charge on any atom is 0.434 e. The van der Waals surface area contributed by atoms with Crippen molar-refractivity contribution >= 4 is 5.91 Å². The predicted octanol–water partition coefficient (Wildman–Crippen LogP) is 3.98. The number of rotatable bonds is 5. The van der Waals surface area contributed by atoms with Crippen LogP contribution in [-0.4, -0.2) is 54.9 Å². The zero-order chi connectivity index (χ0) is 24.3. The van der Waals surface area contributed by atoms with Crippen LogP contribution in [0.4, 0.5) is 13.2 Å². The quantitative estimate of drug-likeness (QED) is 0.555. The number of aryl methyl sites for hydroxylation is 1. The van der Waals surface area contributed by atoms with Crippen molar-refractivity contribution in [1.29, 1.82) is 0 Å². The zero-order valence-corrected chi connectivity index (χ0v) is 18.7. The Morgan fingerprint density at radius 3 is 2.59 bits per heavy atom. The lowest BCUT2D eigenvalue weighted by Gasteiger charge is -2.38. The minimum Gasteiger partial charge on any atom is -0.474 e. The van der Waals surface area contributed by atoms with E-state index >= 15 is 0 Å². The van der Waals surface area contributed by atoms with E-state index in [-0.39, 0.29) is 30.1 Å². The van der Waals surface area contributed by atoms with Crippen molar-refractivity contribution in [3.63, 3.8) is 0 Å². The normalized spacial score (nSPS) is 18.6. The molecule has 1 fully saturated rings. The standard InChI is InChI=1S/C23H23F3N6O2/c1-14-6-9-32(16(10-14)13-34-19-12-29-18(11-30-19)23(24,25)26)22(33)20-17(5-4-15(2)31-20)21-27-7-3-8-28-21/h3-5,7-8,11-12,14,16H,6,9-10,13H2,1-2H3/t14-,16+/m1/s1. The lowest BCUT2D eigenvalue weighted by Crippen LogP contribution is -2.49. The molecule has 0 N–H and O–H groups in total. The molecule has 1 aliphatic rings. The van der Waals surface area contributed by atoms with E-state index in [1.54, 1.807) is 42.4 Å². The monoisotopic (exact) mass is 472 g/mol. The number of likely N-dealkylation sites (tertiary alicyclic amines) is 1. The smallest absolute Gasteiger partial charge is 0.434 e. The molecule has 4 heterocycles. The highest BCUT2D eigenvalue weighted by Gasteiger charge is 2.34. The number of nitrogens with zero attached hydrogens (tertiary/aromatic N) is 6. The van der Waals surface area contributed by atoms with Crippen LogP contribution in [0.25, 0.3) is 11.4 Å². The van der Waals surface area contributed by atoms with Crippen molar-refractivity contribution in [2.45, 2.75) is 38.9 Å².